The van der Waals surface area contributed by atoms with E-state index in [-0.39, 0.29) is 33.6 Å². The first-order chi connectivity index (χ1) is 16.0. The third kappa shape index (κ3) is 4.59. The van der Waals surface area contributed by atoms with Crippen molar-refractivity contribution >= 4 is 35.2 Å². The van der Waals surface area contributed by atoms with E-state index in [0.29, 0.717) is 12.1 Å². The molecule has 164 valence electrons. The summed E-state index contributed by atoms with van der Waals surface area (Å²) in [6.07, 6.45) is 2.24. The van der Waals surface area contributed by atoms with Gasteiger partial charge in [0.25, 0.3) is 5.91 Å². The van der Waals surface area contributed by atoms with Crippen molar-refractivity contribution in [2.75, 3.05) is 18.6 Å². The smallest absolute Gasteiger partial charge is 0.345 e. The Morgan fingerprint density at radius 1 is 1.06 bits per heavy atom. The van der Waals surface area contributed by atoms with Crippen LogP contribution in [0.1, 0.15) is 21.5 Å². The number of ether oxygens (including phenoxy) is 2. The van der Waals surface area contributed by atoms with Gasteiger partial charge in [0, 0.05) is 12.2 Å². The number of para-hydroxylation sites is 1. The van der Waals surface area contributed by atoms with Crippen LogP contribution in [0.25, 0.3) is 6.08 Å². The van der Waals surface area contributed by atoms with Crippen molar-refractivity contribution in [2.45, 2.75) is 6.42 Å². The van der Waals surface area contributed by atoms with Crippen LogP contribution in [-0.4, -0.2) is 25.5 Å². The van der Waals surface area contributed by atoms with Gasteiger partial charge in [0.2, 0.25) is 0 Å². The summed E-state index contributed by atoms with van der Waals surface area (Å²) in [6.45, 7) is 0.525. The second kappa shape index (κ2) is 9.60. The van der Waals surface area contributed by atoms with Crippen LogP contribution in [0.4, 0.5) is 5.69 Å². The van der Waals surface area contributed by atoms with Crippen LogP contribution in [0.15, 0.2) is 72.3 Å². The van der Waals surface area contributed by atoms with Crippen LogP contribution in [0.3, 0.4) is 0 Å². The first kappa shape index (κ1) is 22.1. The van der Waals surface area contributed by atoms with Gasteiger partial charge in [-0.05, 0) is 54.0 Å². The lowest BCUT2D eigenvalue weighted by atomic mass is 10.1. The number of methoxy groups -OCH3 is 1. The van der Waals surface area contributed by atoms with Gasteiger partial charge in [-0.2, -0.15) is 5.26 Å². The van der Waals surface area contributed by atoms with E-state index >= 15 is 0 Å². The van der Waals surface area contributed by atoms with Crippen molar-refractivity contribution in [1.82, 2.24) is 0 Å². The molecule has 0 radical (unpaired) electrons. The molecule has 0 spiro atoms. The molecule has 33 heavy (non-hydrogen) atoms. The maximum Gasteiger partial charge on any atom is 0.345 e. The first-order valence-corrected chi connectivity index (χ1v) is 10.6. The van der Waals surface area contributed by atoms with Gasteiger partial charge in [-0.1, -0.05) is 48.0 Å². The number of esters is 1. The van der Waals surface area contributed by atoms with E-state index in [0.717, 1.165) is 17.7 Å². The number of rotatable bonds is 5. The van der Waals surface area contributed by atoms with Gasteiger partial charge < -0.3 is 14.4 Å². The molecule has 0 fully saturated rings. The molecule has 3 aromatic rings. The van der Waals surface area contributed by atoms with Crippen molar-refractivity contribution in [2.24, 2.45) is 0 Å². The van der Waals surface area contributed by atoms with Crippen molar-refractivity contribution < 1.29 is 19.1 Å². The highest BCUT2D eigenvalue weighted by atomic mass is 35.5. The minimum Gasteiger partial charge on any atom is -0.493 e. The summed E-state index contributed by atoms with van der Waals surface area (Å²) in [6, 6.07) is 21.0. The minimum absolute atomic E-state index is 0.00503. The maximum atomic E-state index is 13.0. The van der Waals surface area contributed by atoms with Crippen LogP contribution < -0.4 is 14.4 Å². The Morgan fingerprint density at radius 2 is 1.82 bits per heavy atom. The van der Waals surface area contributed by atoms with Crippen molar-refractivity contribution in [3.05, 3.63) is 94.0 Å². The molecule has 0 unspecified atom stereocenters. The van der Waals surface area contributed by atoms with Gasteiger partial charge in [-0.25, -0.2) is 4.79 Å². The Bertz CT molecular complexity index is 1310. The van der Waals surface area contributed by atoms with E-state index in [2.05, 4.69) is 0 Å². The first-order valence-electron chi connectivity index (χ1n) is 10.2. The molecule has 1 heterocycles. The zero-order valence-electron chi connectivity index (χ0n) is 17.7. The predicted octanol–water partition coefficient (Wildman–Crippen LogP) is 5.06. The molecule has 1 aliphatic rings. The highest BCUT2D eigenvalue weighted by Gasteiger charge is 2.26. The number of carbonyl (C=O) groups is 2. The fourth-order valence-electron chi connectivity index (χ4n) is 3.64. The third-order valence-electron chi connectivity index (χ3n) is 5.28. The monoisotopic (exact) mass is 458 g/mol. The van der Waals surface area contributed by atoms with Gasteiger partial charge in [0.15, 0.2) is 11.5 Å². The Morgan fingerprint density at radius 3 is 2.58 bits per heavy atom. The molecule has 0 saturated heterocycles. The van der Waals surface area contributed by atoms with Gasteiger partial charge in [-0.3, -0.25) is 4.79 Å². The second-order valence-electron chi connectivity index (χ2n) is 7.28. The number of fused-ring (bicyclic) bond motifs is 1. The number of carbonyl (C=O) groups excluding carboxylic acids is 2. The number of hydrogen-bond acceptors (Lipinski definition) is 5. The summed E-state index contributed by atoms with van der Waals surface area (Å²) in [5.41, 5.74) is 2.68. The molecule has 0 bridgehead atoms. The van der Waals surface area contributed by atoms with Gasteiger partial charge >= 0.3 is 5.97 Å². The van der Waals surface area contributed by atoms with Crippen molar-refractivity contribution in [3.63, 3.8) is 0 Å². The lowest BCUT2D eigenvalue weighted by Gasteiger charge is -2.16. The molecule has 0 aliphatic carbocycles. The van der Waals surface area contributed by atoms with E-state index in [4.69, 9.17) is 21.1 Å². The molecular weight excluding hydrogens is 440 g/mol. The summed E-state index contributed by atoms with van der Waals surface area (Å²) in [7, 11) is 1.44. The molecule has 7 heteroatoms. The molecular formula is C26H19ClN2O4. The maximum absolute atomic E-state index is 13.0. The van der Waals surface area contributed by atoms with Crippen molar-refractivity contribution in [3.8, 4) is 17.6 Å². The fraction of sp³-hybridized carbons (Fsp3) is 0.115. The molecule has 0 aromatic heterocycles. The number of amides is 1. The van der Waals surface area contributed by atoms with Gasteiger partial charge in [0.1, 0.15) is 11.6 Å². The number of hydrogen-bond donors (Lipinski definition) is 0. The van der Waals surface area contributed by atoms with Crippen LogP contribution >= 0.6 is 11.6 Å². The SMILES string of the molecule is COc1cc(C=C(C#N)C(=O)N2CCc3ccccc32)ccc1OC(=O)c1ccccc1Cl. The summed E-state index contributed by atoms with van der Waals surface area (Å²) in [4.78, 5) is 27.1. The predicted molar refractivity (Wildman–Crippen MR) is 125 cm³/mol. The van der Waals surface area contributed by atoms with E-state index in [9.17, 15) is 14.9 Å². The second-order valence-corrected chi connectivity index (χ2v) is 7.69. The third-order valence-corrected chi connectivity index (χ3v) is 5.61. The molecule has 0 N–H and O–H groups in total. The quantitative estimate of drug-likeness (QED) is 0.231. The van der Waals surface area contributed by atoms with Crippen LogP contribution in [0, 0.1) is 11.3 Å². The number of anilines is 1. The highest BCUT2D eigenvalue weighted by molar-refractivity contribution is 6.33. The number of halogens is 1. The molecule has 3 aromatic carbocycles. The van der Waals surface area contributed by atoms with E-state index in [1.165, 1.54) is 13.2 Å². The summed E-state index contributed by atoms with van der Waals surface area (Å²) < 4.78 is 10.8. The van der Waals surface area contributed by atoms with Crippen LogP contribution in [-0.2, 0) is 11.2 Å². The fourth-order valence-corrected chi connectivity index (χ4v) is 3.86. The zero-order chi connectivity index (χ0) is 23.4. The molecule has 1 amide bonds. The zero-order valence-corrected chi connectivity index (χ0v) is 18.5. The van der Waals surface area contributed by atoms with E-state index < -0.39 is 5.97 Å². The highest BCUT2D eigenvalue weighted by Crippen LogP contribution is 2.32. The largest absolute Gasteiger partial charge is 0.493 e. The van der Waals surface area contributed by atoms with Gasteiger partial charge in [-0.15, -0.1) is 0 Å². The number of benzene rings is 3. The molecule has 6 nitrogen and oxygen atoms in total. The topological polar surface area (TPSA) is 79.6 Å². The molecule has 0 saturated carbocycles. The Kier molecular flexibility index (Phi) is 6.43. The summed E-state index contributed by atoms with van der Waals surface area (Å²) in [5, 5.41) is 9.92. The van der Waals surface area contributed by atoms with Crippen LogP contribution in [0.2, 0.25) is 5.02 Å². The standard InChI is InChI=1S/C26H19ClN2O4/c1-32-24-15-17(10-11-23(24)33-26(31)20-7-3-4-8-21(20)27)14-19(16-28)25(30)29-13-12-18-6-2-5-9-22(18)29/h2-11,14-15H,12-13H2,1H3. The lowest BCUT2D eigenvalue weighted by Crippen LogP contribution is -2.29. The summed E-state index contributed by atoms with van der Waals surface area (Å²) in [5.74, 6) is -0.517. The van der Waals surface area contributed by atoms with Crippen LogP contribution in [0.5, 0.6) is 11.5 Å². The lowest BCUT2D eigenvalue weighted by molar-refractivity contribution is -0.114. The minimum atomic E-state index is -0.622. The van der Waals surface area contributed by atoms with E-state index in [1.807, 2.05) is 30.3 Å². The average molecular weight is 459 g/mol. The van der Waals surface area contributed by atoms with E-state index in [1.54, 1.807) is 47.4 Å². The summed E-state index contributed by atoms with van der Waals surface area (Å²) >= 11 is 6.07. The Hall–Kier alpha value is -4.08. The molecule has 4 rings (SSSR count). The number of nitrogens with zero attached hydrogens (tertiary/aromatic N) is 2. The van der Waals surface area contributed by atoms with Gasteiger partial charge in [0.05, 0.1) is 17.7 Å². The Balaban J connectivity index is 1.58. The normalized spacial score (nSPS) is 12.6. The molecule has 0 atom stereocenters. The Labute approximate surface area is 196 Å². The molecule has 1 aliphatic heterocycles. The van der Waals surface area contributed by atoms with Crippen molar-refractivity contribution in [1.29, 1.82) is 5.26 Å². The number of nitriles is 1. The average Bonchev–Trinajstić information content (AvgIpc) is 3.27.